The van der Waals surface area contributed by atoms with Crippen LogP contribution in [0.2, 0.25) is 0 Å². The summed E-state index contributed by atoms with van der Waals surface area (Å²) in [7, 11) is 0. The molecule has 5 heteroatoms. The summed E-state index contributed by atoms with van der Waals surface area (Å²) in [4.78, 5) is 20.4. The zero-order valence-corrected chi connectivity index (χ0v) is 18.1. The molecule has 1 aromatic carbocycles. The molecule has 5 nitrogen and oxygen atoms in total. The van der Waals surface area contributed by atoms with Gasteiger partial charge in [-0.05, 0) is 69.0 Å². The third kappa shape index (κ3) is 4.67. The quantitative estimate of drug-likeness (QED) is 0.570. The Morgan fingerprint density at radius 3 is 2.55 bits per heavy atom. The van der Waals surface area contributed by atoms with Crippen molar-refractivity contribution in [3.05, 3.63) is 53.3 Å². The van der Waals surface area contributed by atoms with Crippen LogP contribution >= 0.6 is 0 Å². The Morgan fingerprint density at radius 1 is 1.21 bits per heavy atom. The van der Waals surface area contributed by atoms with Crippen LogP contribution in [0.1, 0.15) is 63.3 Å². The second kappa shape index (κ2) is 7.99. The minimum Gasteiger partial charge on any atom is -0.389 e. The van der Waals surface area contributed by atoms with Gasteiger partial charge >= 0.3 is 0 Å². The predicted molar refractivity (Wildman–Crippen MR) is 118 cm³/mol. The van der Waals surface area contributed by atoms with Gasteiger partial charge in [-0.3, -0.25) is 9.78 Å². The molecular formula is C24H31N3O2. The Bertz CT molecular complexity index is 1030. The van der Waals surface area contributed by atoms with E-state index in [2.05, 4.69) is 41.3 Å². The molecule has 0 spiro atoms. The molecule has 0 aliphatic carbocycles. The minimum atomic E-state index is -0.928. The molecule has 0 bridgehead atoms. The van der Waals surface area contributed by atoms with Crippen LogP contribution in [0.4, 0.5) is 0 Å². The summed E-state index contributed by atoms with van der Waals surface area (Å²) in [5.41, 5.74) is 5.55. The summed E-state index contributed by atoms with van der Waals surface area (Å²) in [6.07, 6.45) is 1.83. The van der Waals surface area contributed by atoms with Gasteiger partial charge in [0.05, 0.1) is 17.2 Å². The van der Waals surface area contributed by atoms with E-state index in [9.17, 15) is 9.90 Å². The molecule has 2 aromatic heterocycles. The largest absolute Gasteiger partial charge is 0.389 e. The monoisotopic (exact) mass is 393 g/mol. The van der Waals surface area contributed by atoms with Gasteiger partial charge in [0.2, 0.25) is 5.91 Å². The molecular weight excluding hydrogens is 362 g/mol. The molecule has 0 radical (unpaired) electrons. The Hall–Kier alpha value is -2.66. The lowest BCUT2D eigenvalue weighted by molar-refractivity contribution is -0.123. The van der Waals surface area contributed by atoms with Gasteiger partial charge in [0, 0.05) is 34.9 Å². The number of aryl methyl sites for hydroxylation is 1. The molecule has 1 amide bonds. The highest BCUT2D eigenvalue weighted by Gasteiger charge is 2.21. The number of carbonyl (C=O) groups is 1. The van der Waals surface area contributed by atoms with E-state index in [0.29, 0.717) is 5.92 Å². The van der Waals surface area contributed by atoms with E-state index in [1.165, 1.54) is 5.56 Å². The summed E-state index contributed by atoms with van der Waals surface area (Å²) in [5, 5.41) is 13.8. The van der Waals surface area contributed by atoms with E-state index in [0.717, 1.165) is 33.4 Å². The second-order valence-electron chi connectivity index (χ2n) is 8.81. The SMILES string of the molecule is Cc1cc(-c2[nH]c3ccc(C(C)C(=O)NCC(C)(C)O)cc3c2C(C)C)ccn1. The van der Waals surface area contributed by atoms with Crippen molar-refractivity contribution in [2.45, 2.75) is 59.0 Å². The number of aromatic amines is 1. The first kappa shape index (κ1) is 21.1. The first-order chi connectivity index (χ1) is 13.6. The normalized spacial score (nSPS) is 13.1. The van der Waals surface area contributed by atoms with E-state index in [1.54, 1.807) is 13.8 Å². The van der Waals surface area contributed by atoms with E-state index in [-0.39, 0.29) is 18.4 Å². The average molecular weight is 394 g/mol. The number of aromatic nitrogens is 2. The lowest BCUT2D eigenvalue weighted by Crippen LogP contribution is -2.39. The van der Waals surface area contributed by atoms with Crippen LogP contribution in [0.3, 0.4) is 0 Å². The highest BCUT2D eigenvalue weighted by molar-refractivity contribution is 5.93. The van der Waals surface area contributed by atoms with Gasteiger partial charge < -0.3 is 15.4 Å². The number of hydrogen-bond donors (Lipinski definition) is 3. The van der Waals surface area contributed by atoms with Crippen molar-refractivity contribution < 1.29 is 9.90 Å². The molecule has 1 unspecified atom stereocenters. The van der Waals surface area contributed by atoms with Crippen LogP contribution < -0.4 is 5.32 Å². The number of amides is 1. The molecule has 0 saturated heterocycles. The van der Waals surface area contributed by atoms with Crippen molar-refractivity contribution in [3.63, 3.8) is 0 Å². The Balaban J connectivity index is 2.01. The lowest BCUT2D eigenvalue weighted by Gasteiger charge is -2.20. The molecule has 0 aliphatic rings. The fourth-order valence-corrected chi connectivity index (χ4v) is 3.64. The Morgan fingerprint density at radius 2 is 1.93 bits per heavy atom. The molecule has 0 fully saturated rings. The number of benzene rings is 1. The number of aliphatic hydroxyl groups is 1. The van der Waals surface area contributed by atoms with Crippen LogP contribution in [-0.4, -0.2) is 33.1 Å². The second-order valence-corrected chi connectivity index (χ2v) is 8.81. The minimum absolute atomic E-state index is 0.0851. The first-order valence-corrected chi connectivity index (χ1v) is 10.2. The highest BCUT2D eigenvalue weighted by atomic mass is 16.3. The van der Waals surface area contributed by atoms with Crippen LogP contribution in [0.15, 0.2) is 36.5 Å². The predicted octanol–water partition coefficient (Wildman–Crippen LogP) is 4.65. The Labute approximate surface area is 172 Å². The molecule has 0 aliphatic heterocycles. The van der Waals surface area contributed by atoms with Crippen molar-refractivity contribution in [1.29, 1.82) is 0 Å². The maximum Gasteiger partial charge on any atom is 0.227 e. The van der Waals surface area contributed by atoms with Gasteiger partial charge in [0.15, 0.2) is 0 Å². The highest BCUT2D eigenvalue weighted by Crippen LogP contribution is 2.36. The summed E-state index contributed by atoms with van der Waals surface area (Å²) < 4.78 is 0. The molecule has 2 heterocycles. The fourth-order valence-electron chi connectivity index (χ4n) is 3.64. The number of hydrogen-bond acceptors (Lipinski definition) is 3. The van der Waals surface area contributed by atoms with Crippen LogP contribution in [-0.2, 0) is 4.79 Å². The van der Waals surface area contributed by atoms with E-state index < -0.39 is 5.60 Å². The van der Waals surface area contributed by atoms with E-state index in [4.69, 9.17) is 0 Å². The number of carbonyl (C=O) groups excluding carboxylic acids is 1. The lowest BCUT2D eigenvalue weighted by atomic mass is 9.93. The summed E-state index contributed by atoms with van der Waals surface area (Å²) in [6.45, 7) is 11.9. The van der Waals surface area contributed by atoms with Crippen molar-refractivity contribution in [3.8, 4) is 11.3 Å². The zero-order valence-electron chi connectivity index (χ0n) is 18.1. The third-order valence-corrected chi connectivity index (χ3v) is 5.21. The maximum absolute atomic E-state index is 12.6. The van der Waals surface area contributed by atoms with Crippen LogP contribution in [0.25, 0.3) is 22.2 Å². The summed E-state index contributed by atoms with van der Waals surface area (Å²) in [6, 6.07) is 10.3. The van der Waals surface area contributed by atoms with Crippen molar-refractivity contribution in [1.82, 2.24) is 15.3 Å². The maximum atomic E-state index is 12.6. The number of nitrogens with zero attached hydrogens (tertiary/aromatic N) is 1. The van der Waals surface area contributed by atoms with E-state index in [1.807, 2.05) is 38.2 Å². The molecule has 154 valence electrons. The number of pyridine rings is 1. The van der Waals surface area contributed by atoms with Crippen molar-refractivity contribution in [2.24, 2.45) is 0 Å². The standard InChI is InChI=1S/C24H31N3O2/c1-14(2)21-19-12-17(16(4)23(28)26-13-24(5,6)29)7-8-20(19)27-22(21)18-9-10-25-15(3)11-18/h7-12,14,16,27,29H,13H2,1-6H3,(H,26,28). The van der Waals surface area contributed by atoms with Gasteiger partial charge in [-0.2, -0.15) is 0 Å². The van der Waals surface area contributed by atoms with Gasteiger partial charge in [-0.25, -0.2) is 0 Å². The molecule has 0 saturated carbocycles. The molecule has 3 rings (SSSR count). The number of rotatable bonds is 6. The Kier molecular flexibility index (Phi) is 5.80. The zero-order chi connectivity index (χ0) is 21.3. The summed E-state index contributed by atoms with van der Waals surface area (Å²) in [5.74, 6) is -0.0665. The molecule has 1 atom stereocenters. The van der Waals surface area contributed by atoms with Crippen LogP contribution in [0, 0.1) is 6.92 Å². The van der Waals surface area contributed by atoms with E-state index >= 15 is 0 Å². The number of H-pyrrole nitrogens is 1. The third-order valence-electron chi connectivity index (χ3n) is 5.21. The average Bonchev–Trinajstić information content (AvgIpc) is 3.03. The number of fused-ring (bicyclic) bond motifs is 1. The van der Waals surface area contributed by atoms with Crippen LogP contribution in [0.5, 0.6) is 0 Å². The van der Waals surface area contributed by atoms with Crippen molar-refractivity contribution in [2.75, 3.05) is 6.54 Å². The number of nitrogens with one attached hydrogen (secondary N) is 2. The smallest absolute Gasteiger partial charge is 0.227 e. The van der Waals surface area contributed by atoms with Gasteiger partial charge in [-0.15, -0.1) is 0 Å². The van der Waals surface area contributed by atoms with Crippen molar-refractivity contribution >= 4 is 16.8 Å². The van der Waals surface area contributed by atoms with Gasteiger partial charge in [-0.1, -0.05) is 19.9 Å². The molecule has 3 N–H and O–H groups in total. The molecule has 29 heavy (non-hydrogen) atoms. The van der Waals surface area contributed by atoms with Gasteiger partial charge in [0.1, 0.15) is 0 Å². The fraction of sp³-hybridized carbons (Fsp3) is 0.417. The summed E-state index contributed by atoms with van der Waals surface area (Å²) >= 11 is 0. The topological polar surface area (TPSA) is 78.0 Å². The molecule has 3 aromatic rings. The van der Waals surface area contributed by atoms with Gasteiger partial charge in [0.25, 0.3) is 0 Å². The first-order valence-electron chi connectivity index (χ1n) is 10.2.